The predicted octanol–water partition coefficient (Wildman–Crippen LogP) is 1.95. The summed E-state index contributed by atoms with van der Waals surface area (Å²) in [5.41, 5.74) is 5.59. The zero-order valence-electron chi connectivity index (χ0n) is 12.2. The van der Waals surface area contributed by atoms with Crippen molar-refractivity contribution in [2.45, 2.75) is 46.5 Å². The molecule has 1 unspecified atom stereocenters. The number of amidine groups is 1. The zero-order valence-corrected chi connectivity index (χ0v) is 12.2. The maximum Gasteiger partial charge on any atom is 0.231 e. The number of carbonyl (C=O) groups excluding carboxylic acids is 1. The lowest BCUT2D eigenvalue weighted by molar-refractivity contribution is -0.124. The van der Waals surface area contributed by atoms with Gasteiger partial charge in [-0.05, 0) is 30.6 Å². The standard InChI is InChI=1S/C14H27N3O2/c1-9(2)12(13(15)17-19)14(18)16-8-11-6-4-10(3)5-7-11/h9-12,19H,4-8H2,1-3H3,(H2,15,17)(H,16,18). The third-order valence-corrected chi connectivity index (χ3v) is 4.08. The molecule has 0 spiro atoms. The smallest absolute Gasteiger partial charge is 0.231 e. The molecule has 19 heavy (non-hydrogen) atoms. The predicted molar refractivity (Wildman–Crippen MR) is 75.9 cm³/mol. The average molecular weight is 269 g/mol. The van der Waals surface area contributed by atoms with Crippen LogP contribution in [0.1, 0.15) is 46.5 Å². The molecule has 1 rings (SSSR count). The highest BCUT2D eigenvalue weighted by Crippen LogP contribution is 2.27. The number of rotatable bonds is 5. The van der Waals surface area contributed by atoms with E-state index in [9.17, 15) is 4.79 Å². The van der Waals surface area contributed by atoms with Gasteiger partial charge >= 0.3 is 0 Å². The minimum atomic E-state index is -0.549. The van der Waals surface area contributed by atoms with Crippen LogP contribution in [0.25, 0.3) is 0 Å². The summed E-state index contributed by atoms with van der Waals surface area (Å²) in [6.45, 7) is 6.77. The van der Waals surface area contributed by atoms with Crippen LogP contribution in [0.3, 0.4) is 0 Å². The van der Waals surface area contributed by atoms with Crippen molar-refractivity contribution in [1.29, 1.82) is 0 Å². The lowest BCUT2D eigenvalue weighted by Gasteiger charge is -2.27. The van der Waals surface area contributed by atoms with Crippen molar-refractivity contribution in [3.05, 3.63) is 0 Å². The van der Waals surface area contributed by atoms with Crippen LogP contribution in [0.15, 0.2) is 5.16 Å². The Morgan fingerprint density at radius 1 is 1.37 bits per heavy atom. The Kier molecular flexibility index (Phi) is 6.12. The Morgan fingerprint density at radius 2 is 1.95 bits per heavy atom. The molecule has 5 nitrogen and oxygen atoms in total. The summed E-state index contributed by atoms with van der Waals surface area (Å²) in [5, 5.41) is 14.7. The fraction of sp³-hybridized carbons (Fsp3) is 0.857. The Bertz CT molecular complexity index is 321. The quantitative estimate of drug-likeness (QED) is 0.308. The highest BCUT2D eigenvalue weighted by molar-refractivity contribution is 6.02. The molecule has 1 atom stereocenters. The molecule has 1 aliphatic carbocycles. The molecule has 1 amide bonds. The van der Waals surface area contributed by atoms with E-state index in [-0.39, 0.29) is 17.7 Å². The van der Waals surface area contributed by atoms with E-state index in [4.69, 9.17) is 10.9 Å². The Balaban J connectivity index is 2.45. The molecular formula is C14H27N3O2. The lowest BCUT2D eigenvalue weighted by atomic mass is 9.83. The summed E-state index contributed by atoms with van der Waals surface area (Å²) >= 11 is 0. The van der Waals surface area contributed by atoms with Crippen LogP contribution in [0.2, 0.25) is 0 Å². The van der Waals surface area contributed by atoms with Gasteiger partial charge in [-0.3, -0.25) is 4.79 Å². The van der Waals surface area contributed by atoms with E-state index in [1.807, 2.05) is 13.8 Å². The molecule has 5 heteroatoms. The maximum absolute atomic E-state index is 12.1. The number of nitrogens with one attached hydrogen (secondary N) is 1. The highest BCUT2D eigenvalue weighted by atomic mass is 16.4. The molecule has 0 aromatic rings. The van der Waals surface area contributed by atoms with Crippen molar-refractivity contribution in [3.63, 3.8) is 0 Å². The Labute approximate surface area is 115 Å². The third kappa shape index (κ3) is 4.73. The zero-order chi connectivity index (χ0) is 14.4. The summed E-state index contributed by atoms with van der Waals surface area (Å²) in [6, 6.07) is 0. The minimum absolute atomic E-state index is 0.00948. The molecule has 110 valence electrons. The molecule has 0 aromatic carbocycles. The van der Waals surface area contributed by atoms with E-state index in [1.165, 1.54) is 25.7 Å². The Morgan fingerprint density at radius 3 is 2.42 bits per heavy atom. The van der Waals surface area contributed by atoms with Crippen molar-refractivity contribution in [3.8, 4) is 0 Å². The van der Waals surface area contributed by atoms with Gasteiger partial charge in [0.15, 0.2) is 5.84 Å². The van der Waals surface area contributed by atoms with Gasteiger partial charge in [0.05, 0.1) is 0 Å². The van der Waals surface area contributed by atoms with Gasteiger partial charge in [-0.15, -0.1) is 0 Å². The van der Waals surface area contributed by atoms with Gasteiger partial charge in [-0.25, -0.2) is 0 Å². The van der Waals surface area contributed by atoms with Crippen molar-refractivity contribution in [2.75, 3.05) is 6.54 Å². The molecule has 0 aromatic heterocycles. The first-order valence-corrected chi connectivity index (χ1v) is 7.20. The molecule has 0 aliphatic heterocycles. The second-order valence-corrected chi connectivity index (χ2v) is 6.12. The van der Waals surface area contributed by atoms with Gasteiger partial charge in [0.25, 0.3) is 0 Å². The molecule has 1 saturated carbocycles. The number of hydrogen-bond donors (Lipinski definition) is 3. The van der Waals surface area contributed by atoms with Crippen LogP contribution < -0.4 is 11.1 Å². The number of hydrogen-bond acceptors (Lipinski definition) is 3. The van der Waals surface area contributed by atoms with Crippen LogP contribution in [0.4, 0.5) is 0 Å². The summed E-state index contributed by atoms with van der Waals surface area (Å²) < 4.78 is 0. The molecule has 0 bridgehead atoms. The van der Waals surface area contributed by atoms with Crippen LogP contribution in [0, 0.1) is 23.7 Å². The number of carbonyl (C=O) groups is 1. The van der Waals surface area contributed by atoms with E-state index in [0.717, 1.165) is 5.92 Å². The van der Waals surface area contributed by atoms with Crippen molar-refractivity contribution in [1.82, 2.24) is 5.32 Å². The monoisotopic (exact) mass is 269 g/mol. The molecule has 1 fully saturated rings. The number of nitrogens with two attached hydrogens (primary N) is 1. The first-order chi connectivity index (χ1) is 8.95. The first-order valence-electron chi connectivity index (χ1n) is 7.20. The van der Waals surface area contributed by atoms with Gasteiger partial charge in [0.2, 0.25) is 5.91 Å². The third-order valence-electron chi connectivity index (χ3n) is 4.08. The van der Waals surface area contributed by atoms with E-state index < -0.39 is 5.92 Å². The van der Waals surface area contributed by atoms with Crippen LogP contribution in [0.5, 0.6) is 0 Å². The van der Waals surface area contributed by atoms with Gasteiger partial charge in [-0.1, -0.05) is 38.8 Å². The normalized spacial score (nSPS) is 26.2. The van der Waals surface area contributed by atoms with Gasteiger partial charge in [0, 0.05) is 6.54 Å². The molecule has 1 aliphatic rings. The van der Waals surface area contributed by atoms with E-state index in [2.05, 4.69) is 17.4 Å². The largest absolute Gasteiger partial charge is 0.409 e. The number of amides is 1. The molecule has 0 radical (unpaired) electrons. The van der Waals surface area contributed by atoms with Gasteiger partial charge in [0.1, 0.15) is 5.92 Å². The van der Waals surface area contributed by atoms with Crippen molar-refractivity contribution in [2.24, 2.45) is 34.6 Å². The molecule has 4 N–H and O–H groups in total. The van der Waals surface area contributed by atoms with E-state index in [1.54, 1.807) is 0 Å². The van der Waals surface area contributed by atoms with E-state index >= 15 is 0 Å². The summed E-state index contributed by atoms with van der Waals surface area (Å²) in [5.74, 6) is 0.705. The van der Waals surface area contributed by atoms with Crippen molar-refractivity contribution < 1.29 is 10.0 Å². The highest BCUT2D eigenvalue weighted by Gasteiger charge is 2.27. The number of oxime groups is 1. The minimum Gasteiger partial charge on any atom is -0.409 e. The van der Waals surface area contributed by atoms with Crippen LogP contribution >= 0.6 is 0 Å². The molecule has 0 saturated heterocycles. The Hall–Kier alpha value is -1.26. The van der Waals surface area contributed by atoms with Crippen LogP contribution in [-0.2, 0) is 4.79 Å². The maximum atomic E-state index is 12.1. The van der Waals surface area contributed by atoms with Crippen LogP contribution in [-0.4, -0.2) is 23.5 Å². The average Bonchev–Trinajstić information content (AvgIpc) is 2.37. The summed E-state index contributed by atoms with van der Waals surface area (Å²) in [7, 11) is 0. The molecular weight excluding hydrogens is 242 g/mol. The second-order valence-electron chi connectivity index (χ2n) is 6.12. The number of nitrogens with zero attached hydrogens (tertiary/aromatic N) is 1. The summed E-state index contributed by atoms with van der Waals surface area (Å²) in [6.07, 6.45) is 4.84. The fourth-order valence-corrected chi connectivity index (χ4v) is 2.73. The second kappa shape index (κ2) is 7.36. The lowest BCUT2D eigenvalue weighted by Crippen LogP contribution is -2.43. The topological polar surface area (TPSA) is 87.7 Å². The SMILES string of the molecule is CC1CCC(CNC(=O)C(C(N)=NO)C(C)C)CC1. The molecule has 0 heterocycles. The first kappa shape index (κ1) is 15.8. The summed E-state index contributed by atoms with van der Waals surface area (Å²) in [4.78, 5) is 12.1. The van der Waals surface area contributed by atoms with Gasteiger partial charge < -0.3 is 16.3 Å². The van der Waals surface area contributed by atoms with Crippen molar-refractivity contribution >= 4 is 11.7 Å². The fourth-order valence-electron chi connectivity index (χ4n) is 2.73. The van der Waals surface area contributed by atoms with Gasteiger partial charge in [-0.2, -0.15) is 0 Å². The van der Waals surface area contributed by atoms with E-state index in [0.29, 0.717) is 12.5 Å².